The van der Waals surface area contributed by atoms with E-state index in [1.54, 1.807) is 17.2 Å². The molecule has 1 aliphatic rings. The Labute approximate surface area is 184 Å². The number of amidine groups is 1. The standard InChI is InChI=1S/C22H23BrN4OS/c1-4-13-27-21(28)20(14-16-5-9-18(23)10-6-16)29-22(27)25-24-15-17-7-11-19(12-8-17)26(2)3/h4-12,15,20H,1,13-14H2,2-3H3/b24-15+,25-22+. The van der Waals surface area contributed by atoms with E-state index in [1.807, 2.05) is 67.5 Å². The van der Waals surface area contributed by atoms with Crippen molar-refractivity contribution in [1.29, 1.82) is 0 Å². The molecule has 7 heteroatoms. The van der Waals surface area contributed by atoms with Crippen LogP contribution in [0.4, 0.5) is 5.69 Å². The van der Waals surface area contributed by atoms with Crippen molar-refractivity contribution in [3.63, 3.8) is 0 Å². The normalized spacial score (nSPS) is 18.0. The molecule has 3 rings (SSSR count). The van der Waals surface area contributed by atoms with Gasteiger partial charge in [0.1, 0.15) is 0 Å². The van der Waals surface area contributed by atoms with Crippen molar-refractivity contribution in [3.05, 3.63) is 76.8 Å². The molecule has 2 aromatic carbocycles. The number of hydrogen-bond donors (Lipinski definition) is 0. The molecule has 1 amide bonds. The maximum absolute atomic E-state index is 12.8. The first-order valence-electron chi connectivity index (χ1n) is 9.19. The summed E-state index contributed by atoms with van der Waals surface area (Å²) in [5.74, 6) is 0.0436. The van der Waals surface area contributed by atoms with Crippen molar-refractivity contribution in [2.45, 2.75) is 11.7 Å². The summed E-state index contributed by atoms with van der Waals surface area (Å²) in [6, 6.07) is 16.1. The second-order valence-electron chi connectivity index (χ2n) is 6.79. The third kappa shape index (κ3) is 5.58. The highest BCUT2D eigenvalue weighted by Gasteiger charge is 2.37. The van der Waals surface area contributed by atoms with E-state index in [2.05, 4.69) is 32.7 Å². The molecule has 0 N–H and O–H groups in total. The Morgan fingerprint density at radius 3 is 2.48 bits per heavy atom. The summed E-state index contributed by atoms with van der Waals surface area (Å²) in [4.78, 5) is 16.5. The average Bonchev–Trinajstić information content (AvgIpc) is 2.99. The van der Waals surface area contributed by atoms with Gasteiger partial charge in [-0.1, -0.05) is 58.0 Å². The molecular weight excluding hydrogens is 448 g/mol. The van der Waals surface area contributed by atoms with Crippen LogP contribution in [0, 0.1) is 0 Å². The summed E-state index contributed by atoms with van der Waals surface area (Å²) in [5, 5.41) is 8.94. The molecule has 0 saturated carbocycles. The van der Waals surface area contributed by atoms with Crippen LogP contribution in [-0.4, -0.2) is 48.1 Å². The minimum absolute atomic E-state index is 0.0436. The molecule has 0 radical (unpaired) electrons. The van der Waals surface area contributed by atoms with E-state index in [0.717, 1.165) is 21.3 Å². The number of halogens is 1. The van der Waals surface area contributed by atoms with E-state index in [9.17, 15) is 4.79 Å². The molecular formula is C22H23BrN4OS. The number of amides is 1. The smallest absolute Gasteiger partial charge is 0.242 e. The molecule has 1 fully saturated rings. The van der Waals surface area contributed by atoms with Gasteiger partial charge in [-0.3, -0.25) is 9.69 Å². The first kappa shape index (κ1) is 21.3. The number of carbonyl (C=O) groups excluding carboxylic acids is 1. The maximum atomic E-state index is 12.8. The summed E-state index contributed by atoms with van der Waals surface area (Å²) in [5.41, 5.74) is 3.19. The van der Waals surface area contributed by atoms with Crippen molar-refractivity contribution < 1.29 is 4.79 Å². The third-order valence-corrected chi connectivity index (χ3v) is 6.12. The van der Waals surface area contributed by atoms with Crippen molar-refractivity contribution in [2.24, 2.45) is 10.2 Å². The number of anilines is 1. The molecule has 5 nitrogen and oxygen atoms in total. The Morgan fingerprint density at radius 1 is 1.17 bits per heavy atom. The first-order chi connectivity index (χ1) is 14.0. The molecule has 0 bridgehead atoms. The average molecular weight is 471 g/mol. The Balaban J connectivity index is 1.72. The van der Waals surface area contributed by atoms with Gasteiger partial charge < -0.3 is 4.90 Å². The number of benzene rings is 2. The van der Waals surface area contributed by atoms with Crippen molar-refractivity contribution in [1.82, 2.24) is 4.90 Å². The summed E-state index contributed by atoms with van der Waals surface area (Å²) in [6.07, 6.45) is 4.06. The number of rotatable bonds is 7. The van der Waals surface area contributed by atoms with Crippen LogP contribution in [0.2, 0.25) is 0 Å². The largest absolute Gasteiger partial charge is 0.378 e. The van der Waals surface area contributed by atoms with Gasteiger partial charge in [0.05, 0.1) is 11.5 Å². The maximum Gasteiger partial charge on any atom is 0.242 e. The zero-order valence-corrected chi connectivity index (χ0v) is 18.9. The van der Waals surface area contributed by atoms with E-state index in [4.69, 9.17) is 0 Å². The molecule has 0 spiro atoms. The fourth-order valence-corrected chi connectivity index (χ4v) is 4.26. The molecule has 1 heterocycles. The molecule has 150 valence electrons. The highest BCUT2D eigenvalue weighted by atomic mass is 79.9. The van der Waals surface area contributed by atoms with Crippen LogP contribution in [0.15, 0.2) is 75.9 Å². The van der Waals surface area contributed by atoms with Gasteiger partial charge in [0.15, 0.2) is 5.17 Å². The zero-order valence-electron chi connectivity index (χ0n) is 16.5. The summed E-state index contributed by atoms with van der Waals surface area (Å²) < 4.78 is 1.02. The van der Waals surface area contributed by atoms with Crippen LogP contribution in [0.1, 0.15) is 11.1 Å². The van der Waals surface area contributed by atoms with Gasteiger partial charge in [-0.25, -0.2) is 0 Å². The lowest BCUT2D eigenvalue weighted by molar-refractivity contribution is -0.125. The van der Waals surface area contributed by atoms with Crippen molar-refractivity contribution in [3.8, 4) is 0 Å². The lowest BCUT2D eigenvalue weighted by atomic mass is 10.1. The number of hydrogen-bond acceptors (Lipinski definition) is 5. The van der Waals surface area contributed by atoms with E-state index in [-0.39, 0.29) is 11.2 Å². The predicted molar refractivity (Wildman–Crippen MR) is 127 cm³/mol. The number of nitrogens with zero attached hydrogens (tertiary/aromatic N) is 4. The van der Waals surface area contributed by atoms with Crippen molar-refractivity contribution >= 4 is 50.7 Å². The SMILES string of the molecule is C=CCN1C(=O)C(Cc2ccc(Br)cc2)S/C1=N/N=C/c1ccc(N(C)C)cc1. The molecule has 1 aliphatic heterocycles. The second kappa shape index (κ2) is 9.89. The van der Waals surface area contributed by atoms with Crippen molar-refractivity contribution in [2.75, 3.05) is 25.5 Å². The lowest BCUT2D eigenvalue weighted by Crippen LogP contribution is -2.32. The van der Waals surface area contributed by atoms with Crippen LogP contribution in [-0.2, 0) is 11.2 Å². The minimum atomic E-state index is -0.204. The minimum Gasteiger partial charge on any atom is -0.378 e. The molecule has 1 atom stereocenters. The zero-order chi connectivity index (χ0) is 20.8. The Bertz CT molecular complexity index is 923. The molecule has 0 aromatic heterocycles. The summed E-state index contributed by atoms with van der Waals surface area (Å²) >= 11 is 4.89. The van der Waals surface area contributed by atoms with Gasteiger partial charge in [0, 0.05) is 30.8 Å². The van der Waals surface area contributed by atoms with Crippen LogP contribution in [0.25, 0.3) is 0 Å². The van der Waals surface area contributed by atoms with Gasteiger partial charge in [0.25, 0.3) is 0 Å². The molecule has 1 saturated heterocycles. The summed E-state index contributed by atoms with van der Waals surface area (Å²) in [6.45, 7) is 4.18. The lowest BCUT2D eigenvalue weighted by Gasteiger charge is -2.13. The van der Waals surface area contributed by atoms with Crippen LogP contribution in [0.3, 0.4) is 0 Å². The van der Waals surface area contributed by atoms with Gasteiger partial charge in [-0.15, -0.1) is 11.7 Å². The molecule has 1 unspecified atom stereocenters. The monoisotopic (exact) mass is 470 g/mol. The van der Waals surface area contributed by atoms with Gasteiger partial charge in [-0.2, -0.15) is 5.10 Å². The van der Waals surface area contributed by atoms with Crippen LogP contribution in [0.5, 0.6) is 0 Å². The van der Waals surface area contributed by atoms with E-state index in [0.29, 0.717) is 18.1 Å². The van der Waals surface area contributed by atoms with E-state index in [1.165, 1.54) is 11.8 Å². The van der Waals surface area contributed by atoms with Crippen LogP contribution >= 0.6 is 27.7 Å². The van der Waals surface area contributed by atoms with Gasteiger partial charge in [-0.05, 0) is 41.8 Å². The van der Waals surface area contributed by atoms with Gasteiger partial charge in [0.2, 0.25) is 5.91 Å². The fraction of sp³-hybridized carbons (Fsp3) is 0.227. The number of carbonyl (C=O) groups is 1. The Kier molecular flexibility index (Phi) is 7.28. The van der Waals surface area contributed by atoms with E-state index < -0.39 is 0 Å². The molecule has 29 heavy (non-hydrogen) atoms. The molecule has 2 aromatic rings. The third-order valence-electron chi connectivity index (χ3n) is 4.43. The predicted octanol–water partition coefficient (Wildman–Crippen LogP) is 4.58. The number of thioether (sulfide) groups is 1. The Hall–Kier alpha value is -2.38. The Morgan fingerprint density at radius 2 is 1.86 bits per heavy atom. The topological polar surface area (TPSA) is 48.3 Å². The first-order valence-corrected chi connectivity index (χ1v) is 10.9. The quantitative estimate of drug-likeness (QED) is 0.338. The van der Waals surface area contributed by atoms with E-state index >= 15 is 0 Å². The second-order valence-corrected chi connectivity index (χ2v) is 8.87. The molecule has 0 aliphatic carbocycles. The van der Waals surface area contributed by atoms with Gasteiger partial charge >= 0.3 is 0 Å². The van der Waals surface area contributed by atoms with Crippen LogP contribution < -0.4 is 4.90 Å². The highest BCUT2D eigenvalue weighted by molar-refractivity contribution is 9.10. The highest BCUT2D eigenvalue weighted by Crippen LogP contribution is 2.30. The summed E-state index contributed by atoms with van der Waals surface area (Å²) in [7, 11) is 4.00. The fourth-order valence-electron chi connectivity index (χ4n) is 2.85.